The molecule has 0 amide bonds. The lowest BCUT2D eigenvalue weighted by atomic mass is 10.1. The maximum Gasteiger partial charge on any atom is 0.351 e. The Morgan fingerprint density at radius 3 is 2.49 bits per heavy atom. The van der Waals surface area contributed by atoms with E-state index in [0.29, 0.717) is 23.5 Å². The standard InChI is InChI=1S/C31H43FN7O8PSi/c1-7-49(8-2,9-3)47-26-27(32)31(36-37-34,45-28(26)38-18-17-25(33)35-30(38)41)19-43-48(42)39(21(6)29(40)44-20(4)5)46-24-16-12-14-22-13-10-11-15-23(22)24/h10-18,20-21,26-28,48H,7-9,19H2,1-6H3,(H2,33,35,41)/t21?,26-,27+,28-,31-/m1/s1. The van der Waals surface area contributed by atoms with Crippen LogP contribution in [0.4, 0.5) is 10.2 Å². The molecule has 0 saturated carbocycles. The van der Waals surface area contributed by atoms with Crippen LogP contribution in [-0.2, 0) is 27.8 Å². The van der Waals surface area contributed by atoms with Crippen molar-refractivity contribution < 1.29 is 37.0 Å². The average molecular weight is 720 g/mol. The number of ether oxygens (including phenoxy) is 2. The summed E-state index contributed by atoms with van der Waals surface area (Å²) in [7, 11) is -6.17. The van der Waals surface area contributed by atoms with E-state index in [1.807, 2.05) is 39.0 Å². The van der Waals surface area contributed by atoms with Gasteiger partial charge in [0, 0.05) is 16.5 Å². The summed E-state index contributed by atoms with van der Waals surface area (Å²) in [6.07, 6.45) is -4.29. The van der Waals surface area contributed by atoms with Gasteiger partial charge in [0.2, 0.25) is 5.72 Å². The summed E-state index contributed by atoms with van der Waals surface area (Å²) in [5.74, 6) is -0.558. The molecule has 0 bridgehead atoms. The molecular weight excluding hydrogens is 676 g/mol. The Balaban J connectivity index is 1.71. The Morgan fingerprint density at radius 1 is 1.18 bits per heavy atom. The van der Waals surface area contributed by atoms with Crippen LogP contribution >= 0.6 is 8.18 Å². The molecule has 2 aromatic carbocycles. The molecule has 1 aromatic heterocycles. The monoisotopic (exact) mass is 719 g/mol. The van der Waals surface area contributed by atoms with Crippen molar-refractivity contribution in [2.45, 2.75) is 96.0 Å². The molecule has 4 rings (SSSR count). The van der Waals surface area contributed by atoms with Crippen LogP contribution in [-0.4, -0.2) is 65.4 Å². The Hall–Kier alpha value is -3.82. The second-order valence-electron chi connectivity index (χ2n) is 11.9. The van der Waals surface area contributed by atoms with Crippen molar-refractivity contribution in [1.29, 1.82) is 0 Å². The van der Waals surface area contributed by atoms with Gasteiger partial charge in [-0.1, -0.05) is 67.1 Å². The maximum absolute atomic E-state index is 16.8. The van der Waals surface area contributed by atoms with Crippen LogP contribution in [0.1, 0.15) is 47.8 Å². The molecule has 1 fully saturated rings. The number of fused-ring (bicyclic) bond motifs is 1. The predicted molar refractivity (Wildman–Crippen MR) is 184 cm³/mol. The number of halogens is 1. The number of nitrogen functional groups attached to an aromatic ring is 1. The van der Waals surface area contributed by atoms with E-state index in [4.69, 9.17) is 29.0 Å². The fourth-order valence-electron chi connectivity index (χ4n) is 5.59. The quantitative estimate of drug-likeness (QED) is 0.0333. The van der Waals surface area contributed by atoms with E-state index >= 15 is 4.39 Å². The Bertz CT molecular complexity index is 1740. The second-order valence-corrected chi connectivity index (χ2v) is 17.9. The highest BCUT2D eigenvalue weighted by molar-refractivity contribution is 7.36. The molecule has 2 heterocycles. The van der Waals surface area contributed by atoms with Crippen LogP contribution in [0.15, 0.2) is 64.6 Å². The number of carbonyl (C=O) groups excluding carboxylic acids is 1. The van der Waals surface area contributed by atoms with Gasteiger partial charge in [0.15, 0.2) is 26.5 Å². The maximum atomic E-state index is 16.8. The van der Waals surface area contributed by atoms with Crippen molar-refractivity contribution in [2.75, 3.05) is 12.3 Å². The van der Waals surface area contributed by atoms with E-state index < -0.39 is 71.1 Å². The molecule has 1 saturated heterocycles. The third-order valence-electron chi connectivity index (χ3n) is 8.56. The summed E-state index contributed by atoms with van der Waals surface area (Å²) in [5, 5.41) is 5.12. The molecule has 18 heteroatoms. The van der Waals surface area contributed by atoms with Gasteiger partial charge in [-0.25, -0.2) is 9.18 Å². The van der Waals surface area contributed by atoms with Gasteiger partial charge in [-0.05, 0) is 62.0 Å². The SMILES string of the molecule is CC[Si](CC)(CC)O[C@H]1[C@H](n2ccc(N)nc2=O)O[C@@](CO[PH](=O)N(Oc2cccc3ccccc23)C(C)C(=O)OC(C)C)(N=[N+]=[N-])[C@H]1F. The molecule has 49 heavy (non-hydrogen) atoms. The van der Waals surface area contributed by atoms with Crippen molar-refractivity contribution >= 4 is 39.1 Å². The fraction of sp³-hybridized carbons (Fsp3) is 0.516. The molecule has 3 aromatic rings. The van der Waals surface area contributed by atoms with E-state index in [2.05, 4.69) is 15.0 Å². The van der Waals surface area contributed by atoms with E-state index in [1.165, 1.54) is 19.2 Å². The van der Waals surface area contributed by atoms with Crippen LogP contribution in [0.25, 0.3) is 21.2 Å². The summed E-state index contributed by atoms with van der Waals surface area (Å²) >= 11 is 0. The van der Waals surface area contributed by atoms with Crippen molar-refractivity contribution in [3.8, 4) is 5.75 Å². The number of anilines is 1. The molecule has 1 aliphatic rings. The second kappa shape index (κ2) is 16.3. The zero-order chi connectivity index (χ0) is 35.9. The Morgan fingerprint density at radius 2 is 1.86 bits per heavy atom. The van der Waals surface area contributed by atoms with Crippen LogP contribution in [0.3, 0.4) is 0 Å². The van der Waals surface area contributed by atoms with Gasteiger partial charge in [-0.15, -0.1) is 0 Å². The van der Waals surface area contributed by atoms with Crippen molar-refractivity contribution in [1.82, 2.24) is 14.4 Å². The van der Waals surface area contributed by atoms with Crippen molar-refractivity contribution in [3.05, 3.63) is 75.7 Å². The van der Waals surface area contributed by atoms with Crippen molar-refractivity contribution in [3.63, 3.8) is 0 Å². The molecule has 1 aliphatic heterocycles. The highest BCUT2D eigenvalue weighted by Gasteiger charge is 2.59. The number of azide groups is 1. The number of rotatable bonds is 16. The lowest BCUT2D eigenvalue weighted by Gasteiger charge is -2.34. The smallest absolute Gasteiger partial charge is 0.351 e. The van der Waals surface area contributed by atoms with Crippen LogP contribution in [0, 0.1) is 0 Å². The number of alkyl halides is 1. The number of nitrogens with zero attached hydrogens (tertiary/aromatic N) is 6. The first kappa shape index (κ1) is 38.0. The zero-order valence-corrected chi connectivity index (χ0v) is 30.3. The first-order valence-electron chi connectivity index (χ1n) is 16.1. The number of nitrogens with two attached hydrogens (primary N) is 1. The lowest BCUT2D eigenvalue weighted by Crippen LogP contribution is -2.48. The minimum atomic E-state index is -3.60. The first-order valence-corrected chi connectivity index (χ1v) is 19.9. The summed E-state index contributed by atoms with van der Waals surface area (Å²) in [6, 6.07) is 14.5. The third kappa shape index (κ3) is 8.32. The normalized spacial score (nSPS) is 22.2. The number of benzene rings is 2. The summed E-state index contributed by atoms with van der Waals surface area (Å²) < 4.78 is 55.4. The van der Waals surface area contributed by atoms with Gasteiger partial charge in [0.1, 0.15) is 18.0 Å². The molecule has 2 N–H and O–H groups in total. The fourth-order valence-corrected chi connectivity index (χ4v) is 9.46. The number of aromatic nitrogens is 2. The Kier molecular flexibility index (Phi) is 12.6. The predicted octanol–water partition coefficient (Wildman–Crippen LogP) is 6.29. The largest absolute Gasteiger partial charge is 0.462 e. The van der Waals surface area contributed by atoms with E-state index in [1.54, 1.807) is 38.1 Å². The van der Waals surface area contributed by atoms with Gasteiger partial charge in [0.25, 0.3) is 8.18 Å². The van der Waals surface area contributed by atoms with E-state index in [9.17, 15) is 19.7 Å². The summed E-state index contributed by atoms with van der Waals surface area (Å²) in [4.78, 5) is 39.4. The summed E-state index contributed by atoms with van der Waals surface area (Å²) in [6.45, 7) is 9.67. The Labute approximate surface area is 285 Å². The average Bonchev–Trinajstić information content (AvgIpc) is 3.34. The highest BCUT2D eigenvalue weighted by Crippen LogP contribution is 2.46. The van der Waals surface area contributed by atoms with Crippen molar-refractivity contribution in [2.24, 2.45) is 5.11 Å². The van der Waals surface area contributed by atoms with E-state index in [-0.39, 0.29) is 11.6 Å². The van der Waals surface area contributed by atoms with Gasteiger partial charge < -0.3 is 29.0 Å². The zero-order valence-electron chi connectivity index (χ0n) is 28.3. The summed E-state index contributed by atoms with van der Waals surface area (Å²) in [5.41, 5.74) is 12.0. The molecule has 6 atom stereocenters. The van der Waals surface area contributed by atoms with Crippen LogP contribution in [0.5, 0.6) is 5.75 Å². The van der Waals surface area contributed by atoms with E-state index in [0.717, 1.165) is 14.8 Å². The van der Waals surface area contributed by atoms with Crippen LogP contribution in [0.2, 0.25) is 18.1 Å². The number of hydrogen-bond acceptors (Lipinski definition) is 11. The van der Waals surface area contributed by atoms with Gasteiger partial charge >= 0.3 is 11.7 Å². The number of hydrogen-bond donors (Lipinski definition) is 1. The molecule has 0 aliphatic carbocycles. The van der Waals surface area contributed by atoms with Crippen LogP contribution < -0.4 is 16.3 Å². The molecule has 0 radical (unpaired) electrons. The minimum Gasteiger partial charge on any atom is -0.462 e. The number of carbonyl (C=O) groups is 1. The number of esters is 1. The molecule has 2 unspecified atom stereocenters. The van der Waals surface area contributed by atoms with Gasteiger partial charge in [-0.2, -0.15) is 4.98 Å². The minimum absolute atomic E-state index is 0.0625. The first-order chi connectivity index (χ1) is 23.3. The van der Waals surface area contributed by atoms with Gasteiger partial charge in [0.05, 0.1) is 12.7 Å². The molecule has 0 spiro atoms. The molecule has 15 nitrogen and oxygen atoms in total. The van der Waals surface area contributed by atoms with Gasteiger partial charge in [-0.3, -0.25) is 13.9 Å². The molecular formula is C31H43FN7O8PSi. The topological polar surface area (TPSA) is 193 Å². The number of hydroxylamine groups is 1. The lowest BCUT2D eigenvalue weighted by molar-refractivity contribution is -0.159. The highest BCUT2D eigenvalue weighted by atomic mass is 31.1. The third-order valence-corrected chi connectivity index (χ3v) is 14.4. The molecule has 266 valence electrons.